The number of carbonyl (C=O) groups excluding carboxylic acids is 2. The third-order valence-electron chi connectivity index (χ3n) is 3.62. The minimum absolute atomic E-state index is 0.0803. The Hall–Kier alpha value is -2.92. The van der Waals surface area contributed by atoms with Crippen molar-refractivity contribution < 1.29 is 19.1 Å². The van der Waals surface area contributed by atoms with Gasteiger partial charge in [-0.3, -0.25) is 14.2 Å². The van der Waals surface area contributed by atoms with Gasteiger partial charge in [0, 0.05) is 5.38 Å². The lowest BCUT2D eigenvalue weighted by Crippen LogP contribution is -2.14. The van der Waals surface area contributed by atoms with Gasteiger partial charge in [0.2, 0.25) is 5.91 Å². The van der Waals surface area contributed by atoms with E-state index >= 15 is 0 Å². The van der Waals surface area contributed by atoms with Crippen molar-refractivity contribution in [3.05, 3.63) is 41.7 Å². The normalized spacial score (nSPS) is 10.6. The molecule has 1 aromatic carbocycles. The average molecular weight is 434 g/mol. The number of hydrogen-bond acceptors (Lipinski definition) is 9. The van der Waals surface area contributed by atoms with Gasteiger partial charge in [0.25, 0.3) is 0 Å². The van der Waals surface area contributed by atoms with Crippen LogP contribution in [-0.2, 0) is 20.7 Å². The van der Waals surface area contributed by atoms with Crippen molar-refractivity contribution in [2.24, 2.45) is 0 Å². The molecular formula is C18H19N5O4S2. The molecule has 0 atom stereocenters. The number of nitrogens with zero attached hydrogens (tertiary/aromatic N) is 4. The second kappa shape index (κ2) is 10.0. The van der Waals surface area contributed by atoms with Gasteiger partial charge in [-0.15, -0.1) is 21.5 Å². The Balaban J connectivity index is 1.58. The topological polar surface area (TPSA) is 108 Å². The summed E-state index contributed by atoms with van der Waals surface area (Å²) in [6.07, 6.45) is 1.65. The molecule has 1 N–H and O–H groups in total. The van der Waals surface area contributed by atoms with E-state index in [-0.39, 0.29) is 24.1 Å². The zero-order valence-electron chi connectivity index (χ0n) is 15.8. The minimum Gasteiger partial charge on any atom is -0.495 e. The third kappa shape index (κ3) is 5.55. The number of carbonyl (C=O) groups is 2. The number of thioether (sulfide) groups is 1. The number of anilines is 1. The smallest absolute Gasteiger partial charge is 0.311 e. The van der Waals surface area contributed by atoms with E-state index in [4.69, 9.17) is 9.47 Å². The fourth-order valence-corrected chi connectivity index (χ4v) is 3.86. The van der Waals surface area contributed by atoms with Gasteiger partial charge in [-0.05, 0) is 19.1 Å². The summed E-state index contributed by atoms with van der Waals surface area (Å²) in [5, 5.41) is 13.4. The standard InChI is InChI=1S/C18H19N5O4S2/c1-3-27-16(25)8-12-9-28-17(20-12)21-15(24)10-29-18-22-19-11-23(18)13-6-4-5-7-14(13)26-2/h4-7,9,11H,3,8,10H2,1-2H3,(H,20,21,24). The fourth-order valence-electron chi connectivity index (χ4n) is 2.41. The van der Waals surface area contributed by atoms with E-state index < -0.39 is 0 Å². The second-order valence-corrected chi connectivity index (χ2v) is 7.42. The summed E-state index contributed by atoms with van der Waals surface area (Å²) in [7, 11) is 1.59. The van der Waals surface area contributed by atoms with Gasteiger partial charge in [-0.1, -0.05) is 23.9 Å². The first kappa shape index (κ1) is 20.8. The lowest BCUT2D eigenvalue weighted by atomic mass is 10.3. The molecule has 152 valence electrons. The monoisotopic (exact) mass is 433 g/mol. The second-order valence-electron chi connectivity index (χ2n) is 5.62. The number of para-hydroxylation sites is 2. The van der Waals surface area contributed by atoms with Crippen LogP contribution in [0.25, 0.3) is 5.69 Å². The quantitative estimate of drug-likeness (QED) is 0.405. The summed E-state index contributed by atoms with van der Waals surface area (Å²) >= 11 is 2.50. The van der Waals surface area contributed by atoms with Crippen molar-refractivity contribution in [1.29, 1.82) is 0 Å². The molecule has 2 heterocycles. The minimum atomic E-state index is -0.345. The molecule has 9 nitrogen and oxygen atoms in total. The van der Waals surface area contributed by atoms with Crippen LogP contribution in [0, 0.1) is 0 Å². The number of rotatable bonds is 9. The molecule has 1 amide bonds. The van der Waals surface area contributed by atoms with Crippen molar-refractivity contribution in [3.8, 4) is 11.4 Å². The molecule has 0 fully saturated rings. The Morgan fingerprint density at radius 2 is 2.14 bits per heavy atom. The van der Waals surface area contributed by atoms with Crippen molar-refractivity contribution in [2.75, 3.05) is 24.8 Å². The lowest BCUT2D eigenvalue weighted by molar-refractivity contribution is -0.142. The zero-order chi connectivity index (χ0) is 20.6. The molecular weight excluding hydrogens is 414 g/mol. The van der Waals surface area contributed by atoms with Gasteiger partial charge in [0.05, 0.1) is 37.3 Å². The number of aromatic nitrogens is 4. The Morgan fingerprint density at radius 3 is 2.93 bits per heavy atom. The van der Waals surface area contributed by atoms with Gasteiger partial charge in [0.1, 0.15) is 12.1 Å². The largest absolute Gasteiger partial charge is 0.495 e. The van der Waals surface area contributed by atoms with Gasteiger partial charge in [-0.2, -0.15) is 0 Å². The molecule has 0 unspecified atom stereocenters. The maximum Gasteiger partial charge on any atom is 0.311 e. The van der Waals surface area contributed by atoms with E-state index in [0.717, 1.165) is 5.69 Å². The van der Waals surface area contributed by atoms with Crippen LogP contribution in [-0.4, -0.2) is 51.1 Å². The van der Waals surface area contributed by atoms with E-state index in [0.29, 0.717) is 28.3 Å². The lowest BCUT2D eigenvalue weighted by Gasteiger charge is -2.10. The number of thiazole rings is 1. The molecule has 29 heavy (non-hydrogen) atoms. The SMILES string of the molecule is CCOC(=O)Cc1csc(NC(=O)CSc2nncn2-c2ccccc2OC)n1. The third-order valence-corrected chi connectivity index (χ3v) is 5.37. The predicted octanol–water partition coefficient (Wildman–Crippen LogP) is 2.57. The number of amides is 1. The highest BCUT2D eigenvalue weighted by molar-refractivity contribution is 7.99. The molecule has 0 saturated heterocycles. The molecule has 11 heteroatoms. The maximum absolute atomic E-state index is 12.3. The van der Waals surface area contributed by atoms with Crippen LogP contribution in [0.5, 0.6) is 5.75 Å². The Kier molecular flexibility index (Phi) is 7.19. The zero-order valence-corrected chi connectivity index (χ0v) is 17.5. The van der Waals surface area contributed by atoms with Crippen LogP contribution in [0.1, 0.15) is 12.6 Å². The van der Waals surface area contributed by atoms with Crippen molar-refractivity contribution in [3.63, 3.8) is 0 Å². The summed E-state index contributed by atoms with van der Waals surface area (Å²) in [6.45, 7) is 2.07. The molecule has 0 aliphatic rings. The molecule has 0 bridgehead atoms. The van der Waals surface area contributed by atoms with E-state index in [1.165, 1.54) is 23.1 Å². The number of esters is 1. The highest BCUT2D eigenvalue weighted by atomic mass is 32.2. The van der Waals surface area contributed by atoms with E-state index in [1.54, 1.807) is 30.3 Å². The van der Waals surface area contributed by atoms with Crippen molar-refractivity contribution in [1.82, 2.24) is 19.7 Å². The molecule has 0 spiro atoms. The molecule has 0 radical (unpaired) electrons. The van der Waals surface area contributed by atoms with Crippen molar-refractivity contribution in [2.45, 2.75) is 18.5 Å². The maximum atomic E-state index is 12.3. The average Bonchev–Trinajstić information content (AvgIpc) is 3.35. The summed E-state index contributed by atoms with van der Waals surface area (Å²) in [5.41, 5.74) is 1.35. The summed E-state index contributed by atoms with van der Waals surface area (Å²) in [4.78, 5) is 28.0. The highest BCUT2D eigenvalue weighted by Gasteiger charge is 2.14. The number of ether oxygens (including phenoxy) is 2. The molecule has 2 aromatic heterocycles. The van der Waals surface area contributed by atoms with Crippen LogP contribution in [0.3, 0.4) is 0 Å². The van der Waals surface area contributed by atoms with Gasteiger partial charge < -0.3 is 14.8 Å². The van der Waals surface area contributed by atoms with Crippen LogP contribution in [0.15, 0.2) is 41.1 Å². The van der Waals surface area contributed by atoms with Crippen LogP contribution in [0.2, 0.25) is 0 Å². The van der Waals surface area contributed by atoms with E-state index in [9.17, 15) is 9.59 Å². The highest BCUT2D eigenvalue weighted by Crippen LogP contribution is 2.26. The first-order valence-electron chi connectivity index (χ1n) is 8.66. The van der Waals surface area contributed by atoms with Crippen LogP contribution in [0.4, 0.5) is 5.13 Å². The Morgan fingerprint density at radius 1 is 1.31 bits per heavy atom. The van der Waals surface area contributed by atoms with Crippen LogP contribution >= 0.6 is 23.1 Å². The van der Waals surface area contributed by atoms with Gasteiger partial charge in [0.15, 0.2) is 10.3 Å². The number of nitrogens with one attached hydrogen (secondary N) is 1. The summed E-state index contributed by atoms with van der Waals surface area (Å²) in [6, 6.07) is 7.48. The van der Waals surface area contributed by atoms with Gasteiger partial charge in [-0.25, -0.2) is 4.98 Å². The molecule has 0 aliphatic carbocycles. The Labute approximate surface area is 175 Å². The molecule has 0 saturated carbocycles. The molecule has 0 aliphatic heterocycles. The molecule has 3 aromatic rings. The van der Waals surface area contributed by atoms with Crippen LogP contribution < -0.4 is 10.1 Å². The van der Waals surface area contributed by atoms with Gasteiger partial charge >= 0.3 is 5.97 Å². The predicted molar refractivity (Wildman–Crippen MR) is 110 cm³/mol. The number of methoxy groups -OCH3 is 1. The fraction of sp³-hybridized carbons (Fsp3) is 0.278. The molecule has 3 rings (SSSR count). The summed E-state index contributed by atoms with van der Waals surface area (Å²) in [5.74, 6) is 0.222. The Bertz CT molecular complexity index is 988. The van der Waals surface area contributed by atoms with E-state index in [2.05, 4.69) is 20.5 Å². The number of hydrogen-bond donors (Lipinski definition) is 1. The first-order valence-corrected chi connectivity index (χ1v) is 10.5. The number of benzene rings is 1. The summed E-state index contributed by atoms with van der Waals surface area (Å²) < 4.78 is 12.0. The van der Waals surface area contributed by atoms with E-state index in [1.807, 2.05) is 24.3 Å². The first-order chi connectivity index (χ1) is 14.1. The van der Waals surface area contributed by atoms with Crippen molar-refractivity contribution >= 4 is 40.1 Å².